The second kappa shape index (κ2) is 6.95. The van der Waals surface area contributed by atoms with Crippen LogP contribution in [-0.2, 0) is 0 Å². The van der Waals surface area contributed by atoms with E-state index in [-0.39, 0.29) is 16.3 Å². The van der Waals surface area contributed by atoms with Crippen LogP contribution in [0, 0.1) is 10.1 Å². The summed E-state index contributed by atoms with van der Waals surface area (Å²) in [6, 6.07) is 15.1. The van der Waals surface area contributed by atoms with Crippen molar-refractivity contribution in [2.75, 3.05) is 0 Å². The topological polar surface area (TPSA) is 60.2 Å². The molecule has 6 heteroatoms. The van der Waals surface area contributed by atoms with Gasteiger partial charge in [0.25, 0.3) is 5.69 Å². The predicted molar refractivity (Wildman–Crippen MR) is 88.3 cm³/mol. The van der Waals surface area contributed by atoms with Gasteiger partial charge in [0.15, 0.2) is 5.78 Å². The molecule has 0 unspecified atom stereocenters. The van der Waals surface area contributed by atoms with Crippen LogP contribution >= 0.6 is 31.9 Å². The van der Waals surface area contributed by atoms with E-state index in [1.54, 1.807) is 24.3 Å². The van der Waals surface area contributed by atoms with Crippen molar-refractivity contribution >= 4 is 43.3 Å². The number of benzene rings is 2. The number of non-ortho nitro benzene ring substituents is 1. The maximum atomic E-state index is 12.3. The Labute approximate surface area is 138 Å². The minimum atomic E-state index is -0.457. The largest absolute Gasteiger partial charge is 0.293 e. The minimum absolute atomic E-state index is 0.0268. The van der Waals surface area contributed by atoms with E-state index in [1.165, 1.54) is 12.1 Å². The molecule has 0 amide bonds. The zero-order valence-electron chi connectivity index (χ0n) is 10.8. The molecule has 21 heavy (non-hydrogen) atoms. The number of ketones is 1. The third kappa shape index (κ3) is 3.77. The number of nitro benzene ring substituents is 1. The highest BCUT2D eigenvalue weighted by Gasteiger charge is 2.26. The van der Waals surface area contributed by atoms with E-state index in [0.29, 0.717) is 5.56 Å². The molecule has 0 aliphatic heterocycles. The molecule has 0 saturated carbocycles. The van der Waals surface area contributed by atoms with E-state index in [4.69, 9.17) is 0 Å². The number of nitro groups is 1. The zero-order chi connectivity index (χ0) is 15.4. The average molecular weight is 413 g/mol. The second-order valence-electron chi connectivity index (χ2n) is 4.38. The number of carbonyl (C=O) groups is 1. The van der Waals surface area contributed by atoms with Crippen molar-refractivity contribution in [3.05, 3.63) is 75.8 Å². The van der Waals surface area contributed by atoms with Crippen LogP contribution in [0.2, 0.25) is 0 Å². The lowest BCUT2D eigenvalue weighted by Crippen LogP contribution is -2.19. The lowest BCUT2D eigenvalue weighted by molar-refractivity contribution is -0.384. The molecule has 2 atom stereocenters. The number of rotatable bonds is 5. The van der Waals surface area contributed by atoms with Crippen LogP contribution < -0.4 is 0 Å². The number of hydrogen-bond acceptors (Lipinski definition) is 3. The van der Waals surface area contributed by atoms with Crippen LogP contribution in [0.25, 0.3) is 0 Å². The fourth-order valence-electron chi connectivity index (χ4n) is 1.84. The first-order chi connectivity index (χ1) is 10.0. The van der Waals surface area contributed by atoms with Gasteiger partial charge in [-0.1, -0.05) is 74.3 Å². The second-order valence-corrected chi connectivity index (χ2v) is 6.36. The van der Waals surface area contributed by atoms with Crippen LogP contribution in [0.15, 0.2) is 54.6 Å². The van der Waals surface area contributed by atoms with Gasteiger partial charge in [0.1, 0.15) is 0 Å². The van der Waals surface area contributed by atoms with Gasteiger partial charge in [-0.2, -0.15) is 0 Å². The smallest absolute Gasteiger partial charge is 0.269 e. The maximum Gasteiger partial charge on any atom is 0.269 e. The molecule has 108 valence electrons. The molecule has 2 rings (SSSR count). The third-order valence-corrected chi connectivity index (χ3v) is 5.70. The monoisotopic (exact) mass is 411 g/mol. The van der Waals surface area contributed by atoms with E-state index in [0.717, 1.165) is 5.56 Å². The molecular weight excluding hydrogens is 402 g/mol. The van der Waals surface area contributed by atoms with Crippen molar-refractivity contribution in [3.63, 3.8) is 0 Å². The molecule has 2 aromatic carbocycles. The summed E-state index contributed by atoms with van der Waals surface area (Å²) in [6.07, 6.45) is 0. The highest BCUT2D eigenvalue weighted by Crippen LogP contribution is 2.34. The molecule has 0 saturated heterocycles. The molecule has 0 spiro atoms. The Balaban J connectivity index is 2.17. The SMILES string of the molecule is O=C(c1ccccc1)[C@H](Br)[C@H](Br)c1ccc([N+](=O)[O-])cc1. The lowest BCUT2D eigenvalue weighted by atomic mass is 10.0. The molecule has 0 fully saturated rings. The van der Waals surface area contributed by atoms with Crippen molar-refractivity contribution in [3.8, 4) is 0 Å². The molecule has 0 bridgehead atoms. The van der Waals surface area contributed by atoms with Crippen LogP contribution in [0.3, 0.4) is 0 Å². The zero-order valence-corrected chi connectivity index (χ0v) is 14.0. The Kier molecular flexibility index (Phi) is 5.25. The summed E-state index contributed by atoms with van der Waals surface area (Å²) in [7, 11) is 0. The van der Waals surface area contributed by atoms with Gasteiger partial charge in [0, 0.05) is 17.7 Å². The first-order valence-corrected chi connectivity index (χ1v) is 7.95. The van der Waals surface area contributed by atoms with Crippen LogP contribution in [0.5, 0.6) is 0 Å². The minimum Gasteiger partial charge on any atom is -0.293 e. The van der Waals surface area contributed by atoms with Crippen LogP contribution in [-0.4, -0.2) is 15.5 Å². The van der Waals surface area contributed by atoms with Gasteiger partial charge in [0.2, 0.25) is 0 Å². The molecule has 0 aromatic heterocycles. The summed E-state index contributed by atoms with van der Waals surface area (Å²) >= 11 is 6.87. The predicted octanol–water partition coefficient (Wildman–Crippen LogP) is 4.68. The highest BCUT2D eigenvalue weighted by atomic mass is 79.9. The fourth-order valence-corrected chi connectivity index (χ4v) is 2.96. The molecule has 0 aliphatic carbocycles. The Hall–Kier alpha value is -1.53. The van der Waals surface area contributed by atoms with Crippen LogP contribution in [0.4, 0.5) is 5.69 Å². The fraction of sp³-hybridized carbons (Fsp3) is 0.133. The standard InChI is InChI=1S/C15H11Br2NO3/c16-13(10-6-8-12(9-7-10)18(20)21)14(17)15(19)11-4-2-1-3-5-11/h1-9,13-14H/t13-,14-/m1/s1. The number of halogens is 2. The van der Waals surface area contributed by atoms with Gasteiger partial charge < -0.3 is 0 Å². The van der Waals surface area contributed by atoms with E-state index in [1.807, 2.05) is 18.2 Å². The Morgan fingerprint density at radius 2 is 1.57 bits per heavy atom. The van der Waals surface area contributed by atoms with Crippen molar-refractivity contribution in [2.24, 2.45) is 0 Å². The number of hydrogen-bond donors (Lipinski definition) is 0. The molecule has 0 heterocycles. The number of nitrogens with zero attached hydrogens (tertiary/aromatic N) is 1. The first kappa shape index (κ1) is 15.9. The quantitative estimate of drug-likeness (QED) is 0.310. The highest BCUT2D eigenvalue weighted by molar-refractivity contribution is 9.12. The van der Waals surface area contributed by atoms with Gasteiger partial charge in [-0.15, -0.1) is 0 Å². The summed E-state index contributed by atoms with van der Waals surface area (Å²) < 4.78 is 0. The van der Waals surface area contributed by atoms with E-state index in [9.17, 15) is 14.9 Å². The Morgan fingerprint density at radius 1 is 1.00 bits per heavy atom. The number of Topliss-reactive ketones (excluding diaryl/α,β-unsaturated/α-hetero) is 1. The van der Waals surface area contributed by atoms with Gasteiger partial charge in [-0.25, -0.2) is 0 Å². The van der Waals surface area contributed by atoms with Gasteiger partial charge in [-0.3, -0.25) is 14.9 Å². The normalized spacial score (nSPS) is 13.4. The summed E-state index contributed by atoms with van der Waals surface area (Å²) in [6.45, 7) is 0. The van der Waals surface area contributed by atoms with E-state index in [2.05, 4.69) is 31.9 Å². The lowest BCUT2D eigenvalue weighted by Gasteiger charge is -2.16. The summed E-state index contributed by atoms with van der Waals surface area (Å²) in [4.78, 5) is 21.8. The molecule has 0 N–H and O–H groups in total. The van der Waals surface area contributed by atoms with Gasteiger partial charge >= 0.3 is 0 Å². The molecular formula is C15H11Br2NO3. The van der Waals surface area contributed by atoms with Crippen LogP contribution in [0.1, 0.15) is 20.7 Å². The summed E-state index contributed by atoms with van der Waals surface area (Å²) in [5.41, 5.74) is 1.44. The molecule has 0 radical (unpaired) electrons. The maximum absolute atomic E-state index is 12.3. The third-order valence-electron chi connectivity index (χ3n) is 2.99. The number of carbonyl (C=O) groups excluding carboxylic acids is 1. The summed E-state index contributed by atoms with van der Waals surface area (Å²) in [5.74, 6) is -0.0455. The van der Waals surface area contributed by atoms with E-state index >= 15 is 0 Å². The molecule has 4 nitrogen and oxygen atoms in total. The Morgan fingerprint density at radius 3 is 2.10 bits per heavy atom. The average Bonchev–Trinajstić information content (AvgIpc) is 2.53. The van der Waals surface area contributed by atoms with Gasteiger partial charge in [0.05, 0.1) is 14.6 Å². The first-order valence-electron chi connectivity index (χ1n) is 6.12. The molecule has 0 aliphatic rings. The van der Waals surface area contributed by atoms with Crippen molar-refractivity contribution in [2.45, 2.75) is 9.65 Å². The molecule has 2 aromatic rings. The number of alkyl halides is 2. The Bertz CT molecular complexity index is 644. The van der Waals surface area contributed by atoms with Crippen molar-refractivity contribution < 1.29 is 9.72 Å². The van der Waals surface area contributed by atoms with E-state index < -0.39 is 9.75 Å². The van der Waals surface area contributed by atoms with Gasteiger partial charge in [-0.05, 0) is 5.56 Å². The van der Waals surface area contributed by atoms with Crippen molar-refractivity contribution in [1.29, 1.82) is 0 Å². The summed E-state index contributed by atoms with van der Waals surface area (Å²) in [5, 5.41) is 10.6. The van der Waals surface area contributed by atoms with Crippen molar-refractivity contribution in [1.82, 2.24) is 0 Å².